The molecule has 0 aliphatic heterocycles. The third kappa shape index (κ3) is 1.53. The van der Waals surface area contributed by atoms with E-state index in [0.29, 0.717) is 4.73 Å². The molecule has 0 aliphatic carbocycles. The first-order chi connectivity index (χ1) is 5.63. The summed E-state index contributed by atoms with van der Waals surface area (Å²) in [5.41, 5.74) is 0.255. The first-order valence-electron chi connectivity index (χ1n) is 3.54. The lowest BCUT2D eigenvalue weighted by molar-refractivity contribution is -0.614. The van der Waals surface area contributed by atoms with Gasteiger partial charge in [-0.15, -0.1) is 0 Å². The van der Waals surface area contributed by atoms with Crippen LogP contribution in [0.2, 0.25) is 0 Å². The smallest absolute Gasteiger partial charge is 0.316 e. The summed E-state index contributed by atoms with van der Waals surface area (Å²) < 4.78 is 0.568. The standard InChI is InChI=1S/C8H9NO3/c1-6(8(10)11)7-4-2-3-5-9(7)12/h2-6H,1H3,(H,10,11). The van der Waals surface area contributed by atoms with Crippen molar-refractivity contribution in [2.75, 3.05) is 0 Å². The average Bonchev–Trinajstić information content (AvgIpc) is 2.04. The number of nitrogens with zero attached hydrogens (tertiary/aromatic N) is 1. The molecule has 4 heteroatoms. The Balaban J connectivity index is 3.02. The molecule has 1 rings (SSSR count). The monoisotopic (exact) mass is 167 g/mol. The molecule has 1 N–H and O–H groups in total. The first kappa shape index (κ1) is 8.52. The highest BCUT2D eigenvalue weighted by Gasteiger charge is 2.20. The molecule has 0 aliphatic rings. The van der Waals surface area contributed by atoms with Crippen LogP contribution in [-0.4, -0.2) is 11.1 Å². The number of pyridine rings is 1. The fourth-order valence-corrected chi connectivity index (χ4v) is 0.903. The Morgan fingerprint density at radius 3 is 2.83 bits per heavy atom. The van der Waals surface area contributed by atoms with Gasteiger partial charge in [0.2, 0.25) is 5.69 Å². The number of aromatic nitrogens is 1. The Morgan fingerprint density at radius 1 is 1.67 bits per heavy atom. The number of hydrogen-bond acceptors (Lipinski definition) is 2. The average molecular weight is 167 g/mol. The summed E-state index contributed by atoms with van der Waals surface area (Å²) in [6.45, 7) is 1.48. The summed E-state index contributed by atoms with van der Waals surface area (Å²) in [4.78, 5) is 10.5. The third-order valence-electron chi connectivity index (χ3n) is 1.67. The van der Waals surface area contributed by atoms with E-state index in [-0.39, 0.29) is 5.69 Å². The summed E-state index contributed by atoms with van der Waals surface area (Å²) in [5, 5.41) is 19.6. The van der Waals surface area contributed by atoms with Crippen molar-refractivity contribution < 1.29 is 14.6 Å². The van der Waals surface area contributed by atoms with Gasteiger partial charge in [-0.3, -0.25) is 4.79 Å². The molecule has 1 aromatic rings. The number of carboxylic acids is 1. The van der Waals surface area contributed by atoms with Gasteiger partial charge in [-0.1, -0.05) is 0 Å². The molecule has 0 saturated heterocycles. The van der Waals surface area contributed by atoms with E-state index in [0.717, 1.165) is 0 Å². The van der Waals surface area contributed by atoms with Gasteiger partial charge in [-0.25, -0.2) is 0 Å². The van der Waals surface area contributed by atoms with Crippen LogP contribution in [0.4, 0.5) is 0 Å². The van der Waals surface area contributed by atoms with Crippen LogP contribution in [0.5, 0.6) is 0 Å². The maximum atomic E-state index is 11.0. The molecule has 12 heavy (non-hydrogen) atoms. The summed E-state index contributed by atoms with van der Waals surface area (Å²) in [5.74, 6) is -1.76. The largest absolute Gasteiger partial charge is 0.618 e. The molecule has 0 aromatic carbocycles. The Bertz CT molecular complexity index is 298. The molecule has 0 spiro atoms. The molecule has 0 bridgehead atoms. The van der Waals surface area contributed by atoms with Crippen LogP contribution in [0.1, 0.15) is 18.5 Å². The molecule has 0 fully saturated rings. The molecule has 0 saturated carbocycles. The van der Waals surface area contributed by atoms with E-state index >= 15 is 0 Å². The second-order valence-corrected chi connectivity index (χ2v) is 2.51. The minimum absolute atomic E-state index is 0.255. The summed E-state index contributed by atoms with van der Waals surface area (Å²) in [7, 11) is 0. The van der Waals surface area contributed by atoms with Crippen molar-refractivity contribution in [3.05, 3.63) is 35.3 Å². The van der Waals surface area contributed by atoms with Gasteiger partial charge in [0, 0.05) is 12.1 Å². The second-order valence-electron chi connectivity index (χ2n) is 2.51. The van der Waals surface area contributed by atoms with E-state index in [2.05, 4.69) is 0 Å². The SMILES string of the molecule is CC(C(=O)O)c1cccc[n+]1[O-]. The van der Waals surface area contributed by atoms with Gasteiger partial charge in [0.1, 0.15) is 5.92 Å². The number of carbonyl (C=O) groups is 1. The zero-order valence-electron chi connectivity index (χ0n) is 6.60. The molecular weight excluding hydrogens is 158 g/mol. The van der Waals surface area contributed by atoms with E-state index in [1.165, 1.54) is 19.2 Å². The molecule has 1 unspecified atom stereocenters. The molecular formula is C8H9NO3. The topological polar surface area (TPSA) is 64.2 Å². The van der Waals surface area contributed by atoms with Crippen molar-refractivity contribution in [1.82, 2.24) is 0 Å². The van der Waals surface area contributed by atoms with Gasteiger partial charge in [0.15, 0.2) is 6.20 Å². The first-order valence-corrected chi connectivity index (χ1v) is 3.54. The van der Waals surface area contributed by atoms with Gasteiger partial charge in [0.05, 0.1) is 0 Å². The quantitative estimate of drug-likeness (QED) is 0.515. The molecule has 0 radical (unpaired) electrons. The molecule has 1 aromatic heterocycles. The molecule has 1 atom stereocenters. The predicted molar refractivity (Wildman–Crippen MR) is 41.5 cm³/mol. The molecule has 4 nitrogen and oxygen atoms in total. The zero-order valence-corrected chi connectivity index (χ0v) is 6.60. The molecule has 0 amide bonds. The van der Waals surface area contributed by atoms with Gasteiger partial charge in [-0.05, 0) is 13.0 Å². The molecule has 64 valence electrons. The number of hydrogen-bond donors (Lipinski definition) is 1. The lowest BCUT2D eigenvalue weighted by atomic mass is 10.1. The highest BCUT2D eigenvalue weighted by atomic mass is 16.5. The Kier molecular flexibility index (Phi) is 2.28. The van der Waals surface area contributed by atoms with E-state index in [1.54, 1.807) is 12.1 Å². The lowest BCUT2D eigenvalue weighted by Crippen LogP contribution is -2.34. The fraction of sp³-hybridized carbons (Fsp3) is 0.250. The Labute approximate surface area is 69.7 Å². The minimum Gasteiger partial charge on any atom is -0.618 e. The minimum atomic E-state index is -0.995. The maximum Gasteiger partial charge on any atom is 0.316 e. The second kappa shape index (κ2) is 3.21. The van der Waals surface area contributed by atoms with E-state index in [1.807, 2.05) is 0 Å². The highest BCUT2D eigenvalue weighted by molar-refractivity contribution is 5.74. The van der Waals surface area contributed by atoms with Crippen LogP contribution in [0.15, 0.2) is 24.4 Å². The third-order valence-corrected chi connectivity index (χ3v) is 1.67. The van der Waals surface area contributed by atoms with Crippen LogP contribution in [-0.2, 0) is 4.79 Å². The van der Waals surface area contributed by atoms with E-state index in [4.69, 9.17) is 5.11 Å². The number of rotatable bonds is 2. The zero-order chi connectivity index (χ0) is 9.14. The van der Waals surface area contributed by atoms with Crippen LogP contribution in [0.25, 0.3) is 0 Å². The summed E-state index contributed by atoms with van der Waals surface area (Å²) >= 11 is 0. The van der Waals surface area contributed by atoms with Crippen molar-refractivity contribution in [2.24, 2.45) is 0 Å². The van der Waals surface area contributed by atoms with Crippen molar-refractivity contribution >= 4 is 5.97 Å². The maximum absolute atomic E-state index is 11.0. The Morgan fingerprint density at radius 2 is 2.33 bits per heavy atom. The number of carboxylic acid groups (broad SMARTS) is 1. The normalized spacial score (nSPS) is 12.4. The van der Waals surface area contributed by atoms with E-state index in [9.17, 15) is 10.0 Å². The van der Waals surface area contributed by atoms with Crippen molar-refractivity contribution in [3.63, 3.8) is 0 Å². The van der Waals surface area contributed by atoms with Crippen molar-refractivity contribution in [1.29, 1.82) is 0 Å². The van der Waals surface area contributed by atoms with Crippen molar-refractivity contribution in [2.45, 2.75) is 12.8 Å². The lowest BCUT2D eigenvalue weighted by Gasteiger charge is -2.06. The predicted octanol–water partition coefficient (Wildman–Crippen LogP) is 0.508. The Hall–Kier alpha value is -1.58. The summed E-state index contributed by atoms with van der Waals surface area (Å²) in [6.07, 6.45) is 1.29. The van der Waals surface area contributed by atoms with Crippen LogP contribution in [0, 0.1) is 5.21 Å². The number of aliphatic carboxylic acids is 1. The van der Waals surface area contributed by atoms with Gasteiger partial charge < -0.3 is 10.3 Å². The van der Waals surface area contributed by atoms with Crippen LogP contribution in [0.3, 0.4) is 0 Å². The van der Waals surface area contributed by atoms with Gasteiger partial charge in [0.25, 0.3) is 0 Å². The van der Waals surface area contributed by atoms with Crippen LogP contribution >= 0.6 is 0 Å². The van der Waals surface area contributed by atoms with Gasteiger partial charge in [-0.2, -0.15) is 4.73 Å². The molecule has 1 heterocycles. The summed E-state index contributed by atoms with van der Waals surface area (Å²) in [6, 6.07) is 4.71. The highest BCUT2D eigenvalue weighted by Crippen LogP contribution is 2.09. The van der Waals surface area contributed by atoms with Gasteiger partial charge >= 0.3 is 5.97 Å². The van der Waals surface area contributed by atoms with Crippen LogP contribution < -0.4 is 4.73 Å². The van der Waals surface area contributed by atoms with E-state index < -0.39 is 11.9 Å². The van der Waals surface area contributed by atoms with Crippen molar-refractivity contribution in [3.8, 4) is 0 Å². The fourth-order valence-electron chi connectivity index (χ4n) is 0.903.